The summed E-state index contributed by atoms with van der Waals surface area (Å²) in [5.41, 5.74) is 0.675. The molecule has 0 bridgehead atoms. The number of pyridine rings is 1. The number of sulfone groups is 1. The van der Waals surface area contributed by atoms with E-state index < -0.39 is 32.7 Å². The molecule has 0 aliphatic rings. The molecule has 0 saturated heterocycles. The van der Waals surface area contributed by atoms with Gasteiger partial charge in [-0.05, 0) is 48.0 Å². The molecule has 0 aliphatic heterocycles. The number of aliphatic hydroxyl groups is 1. The molecule has 0 aliphatic carbocycles. The summed E-state index contributed by atoms with van der Waals surface area (Å²) in [7, 11) is -3.24. The maximum atomic E-state index is 13.5. The molecule has 0 amide bonds. The number of alkyl halides is 3. The third kappa shape index (κ3) is 4.76. The summed E-state index contributed by atoms with van der Waals surface area (Å²) in [6.45, 7) is 0.186. The van der Waals surface area contributed by atoms with Gasteiger partial charge < -0.3 is 14.8 Å². The average Bonchev–Trinajstić information content (AvgIpc) is 3.26. The lowest BCUT2D eigenvalue weighted by molar-refractivity contribution is -0.140. The van der Waals surface area contributed by atoms with Gasteiger partial charge in [0.1, 0.15) is 12.0 Å². The third-order valence-corrected chi connectivity index (χ3v) is 7.08. The van der Waals surface area contributed by atoms with E-state index >= 15 is 0 Å². The molecule has 3 N–H and O–H groups in total. The van der Waals surface area contributed by atoms with Crippen LogP contribution in [-0.2, 0) is 22.6 Å². The normalized spacial score (nSPS) is 13.2. The number of methoxy groups -OCH3 is 1. The number of H-pyrrole nitrogens is 1. The summed E-state index contributed by atoms with van der Waals surface area (Å²) in [4.78, 5) is 5.96. The molecule has 1 unspecified atom stereocenters. The highest BCUT2D eigenvalue weighted by molar-refractivity contribution is 7.91. The Bertz CT molecular complexity index is 1380. The van der Waals surface area contributed by atoms with Crippen LogP contribution in [0.4, 0.5) is 13.2 Å². The van der Waals surface area contributed by atoms with Gasteiger partial charge in [-0.25, -0.2) is 8.42 Å². The minimum absolute atomic E-state index is 0.0996. The smallest absolute Gasteiger partial charge is 0.417 e. The monoisotopic (exact) mass is 491 g/mol. The van der Waals surface area contributed by atoms with Crippen molar-refractivity contribution in [1.29, 1.82) is 0 Å². The lowest BCUT2D eigenvalue weighted by atomic mass is 10.2. The van der Waals surface area contributed by atoms with Crippen LogP contribution < -0.4 is 10.1 Å². The standard InChI is InChI=1S/C23H20F3N3O4S/c1-33-16-4-7-21(18(11-16)23(24,25)26)34(31,32)17-5-2-14(3-6-17)12-28-22(30)20-10-15-13-27-9-8-19(15)29-20/h2-11,13,22,28-30H,12H2,1H3. The van der Waals surface area contributed by atoms with E-state index in [1.807, 2.05) is 0 Å². The van der Waals surface area contributed by atoms with Crippen LogP contribution in [0, 0.1) is 0 Å². The molecular formula is C23H20F3N3O4S. The van der Waals surface area contributed by atoms with Crippen LogP contribution in [0.3, 0.4) is 0 Å². The number of rotatable bonds is 7. The molecule has 11 heteroatoms. The molecular weight excluding hydrogens is 471 g/mol. The van der Waals surface area contributed by atoms with Crippen molar-refractivity contribution in [1.82, 2.24) is 15.3 Å². The van der Waals surface area contributed by atoms with E-state index in [0.29, 0.717) is 17.3 Å². The van der Waals surface area contributed by atoms with Crippen molar-refractivity contribution in [3.63, 3.8) is 0 Å². The van der Waals surface area contributed by atoms with Crippen LogP contribution in [-0.4, -0.2) is 30.6 Å². The zero-order chi connectivity index (χ0) is 24.5. The summed E-state index contributed by atoms with van der Waals surface area (Å²) < 4.78 is 71.2. The second-order valence-electron chi connectivity index (χ2n) is 7.48. The molecule has 4 rings (SSSR count). The Balaban J connectivity index is 1.52. The van der Waals surface area contributed by atoms with Crippen molar-refractivity contribution in [2.75, 3.05) is 7.11 Å². The van der Waals surface area contributed by atoms with E-state index in [1.54, 1.807) is 24.5 Å². The maximum Gasteiger partial charge on any atom is 0.417 e. The molecule has 2 heterocycles. The van der Waals surface area contributed by atoms with E-state index in [1.165, 1.54) is 37.4 Å². The van der Waals surface area contributed by atoms with Gasteiger partial charge in [0.2, 0.25) is 9.84 Å². The minimum Gasteiger partial charge on any atom is -0.497 e. The van der Waals surface area contributed by atoms with Gasteiger partial charge >= 0.3 is 6.18 Å². The first-order valence-electron chi connectivity index (χ1n) is 10.0. The van der Waals surface area contributed by atoms with E-state index in [0.717, 1.165) is 17.0 Å². The van der Waals surface area contributed by atoms with Crippen molar-refractivity contribution < 1.29 is 31.4 Å². The maximum absolute atomic E-state index is 13.5. The van der Waals surface area contributed by atoms with Crippen molar-refractivity contribution in [3.05, 3.63) is 83.8 Å². The van der Waals surface area contributed by atoms with Crippen LogP contribution in [0.25, 0.3) is 10.9 Å². The average molecular weight is 491 g/mol. The third-order valence-electron chi connectivity index (χ3n) is 5.25. The Morgan fingerprint density at radius 3 is 2.50 bits per heavy atom. The summed E-state index contributed by atoms with van der Waals surface area (Å²) >= 11 is 0. The van der Waals surface area contributed by atoms with Gasteiger partial charge in [-0.3, -0.25) is 10.3 Å². The Morgan fingerprint density at radius 2 is 1.85 bits per heavy atom. The second-order valence-corrected chi connectivity index (χ2v) is 9.40. The van der Waals surface area contributed by atoms with E-state index in [9.17, 15) is 26.7 Å². The van der Waals surface area contributed by atoms with Crippen LogP contribution in [0.2, 0.25) is 0 Å². The van der Waals surface area contributed by atoms with Crippen LogP contribution in [0.15, 0.2) is 76.8 Å². The van der Waals surface area contributed by atoms with Gasteiger partial charge in [0.15, 0.2) is 0 Å². The lowest BCUT2D eigenvalue weighted by Crippen LogP contribution is -2.20. The summed E-state index contributed by atoms with van der Waals surface area (Å²) in [5.74, 6) is -0.0996. The van der Waals surface area contributed by atoms with Crippen LogP contribution >= 0.6 is 0 Å². The molecule has 0 spiro atoms. The molecule has 0 saturated carbocycles. The number of benzene rings is 2. The van der Waals surface area contributed by atoms with Crippen molar-refractivity contribution in [2.24, 2.45) is 0 Å². The number of fused-ring (bicyclic) bond motifs is 1. The summed E-state index contributed by atoms with van der Waals surface area (Å²) in [5, 5.41) is 14.1. The molecule has 0 radical (unpaired) electrons. The fraction of sp³-hybridized carbons (Fsp3) is 0.174. The lowest BCUT2D eigenvalue weighted by Gasteiger charge is -2.15. The number of nitrogens with zero attached hydrogens (tertiary/aromatic N) is 1. The number of aliphatic hydroxyl groups excluding tert-OH is 1. The quantitative estimate of drug-likeness (QED) is 0.335. The summed E-state index contributed by atoms with van der Waals surface area (Å²) in [6, 6.07) is 11.7. The highest BCUT2D eigenvalue weighted by atomic mass is 32.2. The SMILES string of the molecule is COc1ccc(S(=O)(=O)c2ccc(CNC(O)c3cc4cnccc4[nH]3)cc2)c(C(F)(F)F)c1. The highest BCUT2D eigenvalue weighted by Gasteiger charge is 2.38. The van der Waals surface area contributed by atoms with E-state index in [-0.39, 0.29) is 17.2 Å². The van der Waals surface area contributed by atoms with E-state index in [2.05, 4.69) is 15.3 Å². The molecule has 2 aromatic heterocycles. The highest BCUT2D eigenvalue weighted by Crippen LogP contribution is 2.38. The van der Waals surface area contributed by atoms with Gasteiger partial charge in [-0.2, -0.15) is 13.2 Å². The number of hydrogen-bond donors (Lipinski definition) is 3. The fourth-order valence-electron chi connectivity index (χ4n) is 3.47. The Kier molecular flexibility index (Phi) is 6.34. The van der Waals surface area contributed by atoms with Crippen LogP contribution in [0.1, 0.15) is 23.0 Å². The van der Waals surface area contributed by atoms with Gasteiger partial charge in [-0.1, -0.05) is 12.1 Å². The molecule has 4 aromatic rings. The second kappa shape index (κ2) is 9.09. The zero-order valence-corrected chi connectivity index (χ0v) is 18.6. The largest absolute Gasteiger partial charge is 0.497 e. The number of hydrogen-bond acceptors (Lipinski definition) is 6. The first-order chi connectivity index (χ1) is 16.1. The Hall–Kier alpha value is -3.41. The molecule has 7 nitrogen and oxygen atoms in total. The molecule has 2 aromatic carbocycles. The van der Waals surface area contributed by atoms with Crippen molar-refractivity contribution in [3.8, 4) is 5.75 Å². The van der Waals surface area contributed by atoms with Crippen molar-refractivity contribution in [2.45, 2.75) is 28.7 Å². The van der Waals surface area contributed by atoms with Gasteiger partial charge in [-0.15, -0.1) is 0 Å². The van der Waals surface area contributed by atoms with E-state index in [4.69, 9.17) is 4.74 Å². The molecule has 178 valence electrons. The topological polar surface area (TPSA) is 104 Å². The van der Waals surface area contributed by atoms with Gasteiger partial charge in [0.25, 0.3) is 0 Å². The van der Waals surface area contributed by atoms with Crippen LogP contribution in [0.5, 0.6) is 5.75 Å². The number of aromatic nitrogens is 2. The van der Waals surface area contributed by atoms with Gasteiger partial charge in [0.05, 0.1) is 28.2 Å². The molecule has 1 atom stereocenters. The zero-order valence-electron chi connectivity index (χ0n) is 17.8. The number of nitrogens with one attached hydrogen (secondary N) is 2. The number of aromatic amines is 1. The summed E-state index contributed by atoms with van der Waals surface area (Å²) in [6.07, 6.45) is -2.62. The first-order valence-corrected chi connectivity index (χ1v) is 11.5. The van der Waals surface area contributed by atoms with Gasteiger partial charge in [0, 0.05) is 29.8 Å². The molecule has 34 heavy (non-hydrogen) atoms. The predicted octanol–water partition coefficient (Wildman–Crippen LogP) is 4.20. The fourth-order valence-corrected chi connectivity index (χ4v) is 4.93. The minimum atomic E-state index is -4.88. The number of halogens is 3. The Labute approximate surface area is 193 Å². The molecule has 0 fully saturated rings. The Morgan fingerprint density at radius 1 is 1.12 bits per heavy atom. The predicted molar refractivity (Wildman–Crippen MR) is 118 cm³/mol. The first kappa shape index (κ1) is 23.7. The number of ether oxygens (including phenoxy) is 1. The van der Waals surface area contributed by atoms with Crippen molar-refractivity contribution >= 4 is 20.7 Å².